The van der Waals surface area contributed by atoms with E-state index in [1.807, 2.05) is 48.5 Å². The molecule has 3 rings (SSSR count). The zero-order valence-electron chi connectivity index (χ0n) is 52.3. The predicted octanol–water partition coefficient (Wildman–Crippen LogP) is 2.93. The second kappa shape index (κ2) is 49.6. The summed E-state index contributed by atoms with van der Waals surface area (Å²) in [5, 5.41) is 22.8. The Morgan fingerprint density at radius 3 is 1.29 bits per heavy atom. The summed E-state index contributed by atoms with van der Waals surface area (Å²) in [6, 6.07) is 13.6. The van der Waals surface area contributed by atoms with E-state index in [0.717, 1.165) is 22.3 Å². The number of benzene rings is 2. The van der Waals surface area contributed by atoms with Crippen molar-refractivity contribution in [3.8, 4) is 11.1 Å². The fraction of sp³-hybridized carbons (Fsp3) is 0.689. The Morgan fingerprint density at radius 1 is 0.461 bits per heavy atom. The van der Waals surface area contributed by atoms with E-state index in [1.165, 1.54) is 7.11 Å². The Morgan fingerprint density at radius 2 is 0.865 bits per heavy atom. The maximum atomic E-state index is 12.8. The summed E-state index contributed by atoms with van der Waals surface area (Å²) in [4.78, 5) is 85.6. The molecule has 0 radical (unpaired) electrons. The highest BCUT2D eigenvalue weighted by Gasteiger charge is 2.30. The molecule has 0 bridgehead atoms. The first kappa shape index (κ1) is 77.1. The largest absolute Gasteiger partial charge is 0.480 e. The van der Waals surface area contributed by atoms with Crippen LogP contribution in [0.4, 0.5) is 9.59 Å². The number of amides is 5. The number of hydrogen-bond donors (Lipinski definition) is 6. The zero-order chi connectivity index (χ0) is 64.4. The van der Waals surface area contributed by atoms with Crippen LogP contribution >= 0.6 is 0 Å². The number of unbranched alkanes of at least 4 members (excludes halogenated alkanes) is 1. The van der Waals surface area contributed by atoms with Crippen molar-refractivity contribution >= 4 is 41.8 Å². The van der Waals surface area contributed by atoms with Crippen molar-refractivity contribution in [1.29, 1.82) is 0 Å². The molecule has 0 spiro atoms. The Balaban J connectivity index is 1.02. The van der Waals surface area contributed by atoms with Gasteiger partial charge in [-0.05, 0) is 62.3 Å². The van der Waals surface area contributed by atoms with E-state index in [0.29, 0.717) is 145 Å². The number of hydrogen-bond acceptors (Lipinski definition) is 22. The highest BCUT2D eigenvalue weighted by atomic mass is 16.6. The van der Waals surface area contributed by atoms with Crippen LogP contribution in [0.5, 0.6) is 0 Å². The second-order valence-corrected chi connectivity index (χ2v) is 20.7. The van der Waals surface area contributed by atoms with Gasteiger partial charge in [0.15, 0.2) is 0 Å². The Bertz CT molecular complexity index is 2230. The SMILES string of the molecule is COC(=O)C[C@H](NC(=O)CCOCCOCCOCCOCCOCCOCCNC(=O)OC(C)(C)C)C(=O)NCCOCCOCCOCCOCCOCCOCCC(=O)NCCCC[C@H](NC(=O)OCC1c2ccccc2-c2ccccc21)C(=O)O. The molecule has 6 N–H and O–H groups in total. The van der Waals surface area contributed by atoms with Gasteiger partial charge in [-0.3, -0.25) is 19.2 Å². The topological polar surface area (TPSA) is 338 Å². The van der Waals surface area contributed by atoms with E-state index in [-0.39, 0.29) is 90.3 Å². The Labute approximate surface area is 522 Å². The van der Waals surface area contributed by atoms with Gasteiger partial charge in [0.2, 0.25) is 17.7 Å². The minimum Gasteiger partial charge on any atom is -0.480 e. The number of rotatable bonds is 55. The van der Waals surface area contributed by atoms with Crippen molar-refractivity contribution in [2.45, 2.75) is 82.9 Å². The lowest BCUT2D eigenvalue weighted by molar-refractivity contribution is -0.143. The van der Waals surface area contributed by atoms with Crippen LogP contribution in [0.15, 0.2) is 48.5 Å². The molecule has 0 saturated heterocycles. The number of esters is 1. The molecule has 0 aliphatic heterocycles. The van der Waals surface area contributed by atoms with E-state index in [2.05, 4.69) is 26.6 Å². The highest BCUT2D eigenvalue weighted by molar-refractivity contribution is 5.91. The van der Waals surface area contributed by atoms with Gasteiger partial charge >= 0.3 is 24.1 Å². The molecule has 0 aromatic heterocycles. The number of fused-ring (bicyclic) bond motifs is 3. The third kappa shape index (κ3) is 38.9. The zero-order valence-corrected chi connectivity index (χ0v) is 52.3. The van der Waals surface area contributed by atoms with Gasteiger partial charge < -0.3 is 103 Å². The number of methoxy groups -OCH3 is 1. The normalized spacial score (nSPS) is 12.5. The van der Waals surface area contributed by atoms with Gasteiger partial charge in [-0.25, -0.2) is 14.4 Å². The first-order valence-corrected chi connectivity index (χ1v) is 30.3. The number of carbonyl (C=O) groups is 7. The second-order valence-electron chi connectivity index (χ2n) is 20.7. The molecule has 28 heteroatoms. The predicted molar refractivity (Wildman–Crippen MR) is 321 cm³/mol. The number of carboxylic acids is 1. The van der Waals surface area contributed by atoms with Crippen molar-refractivity contribution in [2.75, 3.05) is 192 Å². The van der Waals surface area contributed by atoms with Crippen LogP contribution < -0.4 is 26.6 Å². The number of carboxylic acid groups (broad SMARTS) is 1. The number of aliphatic carboxylic acids is 1. The number of ether oxygens (including phenoxy) is 15. The van der Waals surface area contributed by atoms with E-state index < -0.39 is 53.6 Å². The van der Waals surface area contributed by atoms with Crippen LogP contribution in [-0.2, 0) is 95.0 Å². The van der Waals surface area contributed by atoms with Gasteiger partial charge in [0, 0.05) is 38.4 Å². The lowest BCUT2D eigenvalue weighted by atomic mass is 9.98. The van der Waals surface area contributed by atoms with Crippen molar-refractivity contribution < 1.29 is 110 Å². The molecule has 0 heterocycles. The summed E-state index contributed by atoms with van der Waals surface area (Å²) in [6.07, 6.45) is -0.347. The molecule has 28 nitrogen and oxygen atoms in total. The monoisotopic (exact) mass is 1270 g/mol. The maximum Gasteiger partial charge on any atom is 0.407 e. The van der Waals surface area contributed by atoms with Crippen molar-refractivity contribution in [2.24, 2.45) is 0 Å². The third-order valence-electron chi connectivity index (χ3n) is 12.6. The summed E-state index contributed by atoms with van der Waals surface area (Å²) >= 11 is 0. The van der Waals surface area contributed by atoms with Gasteiger partial charge in [-0.15, -0.1) is 0 Å². The summed E-state index contributed by atoms with van der Waals surface area (Å²) in [5.41, 5.74) is 3.77. The highest BCUT2D eigenvalue weighted by Crippen LogP contribution is 2.44. The first-order chi connectivity index (χ1) is 43.2. The summed E-state index contributed by atoms with van der Waals surface area (Å²) in [7, 11) is 1.19. The molecule has 504 valence electrons. The van der Waals surface area contributed by atoms with Crippen molar-refractivity contribution in [3.63, 3.8) is 0 Å². The Kier molecular flexibility index (Phi) is 43.0. The molecule has 5 amide bonds. The minimum atomic E-state index is -1.16. The lowest BCUT2D eigenvalue weighted by Gasteiger charge is -2.19. The summed E-state index contributed by atoms with van der Waals surface area (Å²) < 4.78 is 81.1. The van der Waals surface area contributed by atoms with Crippen LogP contribution in [0.3, 0.4) is 0 Å². The molecular formula is C61H97N5O23. The molecule has 1 aliphatic rings. The fourth-order valence-electron chi connectivity index (χ4n) is 8.20. The van der Waals surface area contributed by atoms with Gasteiger partial charge in [-0.2, -0.15) is 0 Å². The molecule has 2 aromatic rings. The van der Waals surface area contributed by atoms with E-state index in [4.69, 9.17) is 71.1 Å². The van der Waals surface area contributed by atoms with Crippen molar-refractivity contribution in [3.05, 3.63) is 59.7 Å². The smallest absolute Gasteiger partial charge is 0.407 e. The van der Waals surface area contributed by atoms with Gasteiger partial charge in [0.25, 0.3) is 0 Å². The maximum absolute atomic E-state index is 12.8. The number of carbonyl (C=O) groups excluding carboxylic acids is 6. The molecule has 0 fully saturated rings. The average Bonchev–Trinajstić information content (AvgIpc) is 2.19. The van der Waals surface area contributed by atoms with Gasteiger partial charge in [0.05, 0.1) is 172 Å². The van der Waals surface area contributed by atoms with Crippen LogP contribution in [-0.4, -0.2) is 257 Å². The average molecular weight is 1270 g/mol. The molecule has 0 unspecified atom stereocenters. The number of alkyl carbamates (subject to hydrolysis) is 2. The molecular weight excluding hydrogens is 1170 g/mol. The van der Waals surface area contributed by atoms with Gasteiger partial charge in [0.1, 0.15) is 24.3 Å². The molecule has 2 aromatic carbocycles. The van der Waals surface area contributed by atoms with Crippen LogP contribution in [0.1, 0.15) is 76.3 Å². The van der Waals surface area contributed by atoms with E-state index in [9.17, 15) is 38.7 Å². The lowest BCUT2D eigenvalue weighted by Crippen LogP contribution is -2.48. The molecule has 1 aliphatic carbocycles. The molecule has 89 heavy (non-hydrogen) atoms. The standard InChI is InChI=1S/C61H97N5O23/c1-61(2,3)89-59(73)64-20-24-79-28-32-83-36-40-87-44-42-85-38-34-81-30-26-77-22-17-55(68)65-53(45-56(69)75-4)57(70)63-19-23-78-27-31-82-35-39-86-43-41-84-37-33-80-29-25-76-21-16-54(67)62-18-10-9-15-52(58(71)72)66-60(74)88-46-51-49-13-7-5-11-47(49)48-12-6-8-14-50(48)51/h5-8,11-14,51-53H,9-10,15-46H2,1-4H3,(H,62,67)(H,63,70)(H,64,73)(H,65,68)(H,66,74)(H,71,72)/t52-,53-/m0/s1. The Hall–Kier alpha value is -6.15. The molecule has 2 atom stereocenters. The summed E-state index contributed by atoms with van der Waals surface area (Å²) in [5.74, 6) is -3.20. The van der Waals surface area contributed by atoms with Gasteiger partial charge in [-0.1, -0.05) is 48.5 Å². The first-order valence-electron chi connectivity index (χ1n) is 30.3. The van der Waals surface area contributed by atoms with Crippen molar-refractivity contribution in [1.82, 2.24) is 26.6 Å². The molecule has 0 saturated carbocycles. The van der Waals surface area contributed by atoms with Crippen LogP contribution in [0.25, 0.3) is 11.1 Å². The fourth-order valence-corrected chi connectivity index (χ4v) is 8.20. The van der Waals surface area contributed by atoms with E-state index in [1.54, 1.807) is 20.8 Å². The van der Waals surface area contributed by atoms with E-state index >= 15 is 0 Å². The van der Waals surface area contributed by atoms with Crippen LogP contribution in [0, 0.1) is 0 Å². The quantitative estimate of drug-likeness (QED) is 0.0315. The van der Waals surface area contributed by atoms with Crippen LogP contribution in [0.2, 0.25) is 0 Å². The third-order valence-corrected chi connectivity index (χ3v) is 12.6. The number of nitrogens with one attached hydrogen (secondary N) is 5. The summed E-state index contributed by atoms with van der Waals surface area (Å²) in [6.45, 7) is 14.1. The minimum absolute atomic E-state index is 0.0442.